The SMILES string of the molecule is CCc1cn(-c2ccc(Cl)cc2C)cn1. The van der Waals surface area contributed by atoms with E-state index in [2.05, 4.69) is 18.1 Å². The predicted molar refractivity (Wildman–Crippen MR) is 62.7 cm³/mol. The van der Waals surface area contributed by atoms with Gasteiger partial charge < -0.3 is 4.57 Å². The van der Waals surface area contributed by atoms with E-state index in [9.17, 15) is 0 Å². The first-order valence-electron chi connectivity index (χ1n) is 5.00. The van der Waals surface area contributed by atoms with E-state index in [1.807, 2.05) is 36.0 Å². The van der Waals surface area contributed by atoms with Crippen LogP contribution in [0.4, 0.5) is 0 Å². The summed E-state index contributed by atoms with van der Waals surface area (Å²) < 4.78 is 2.03. The molecular formula is C12H13ClN2. The Bertz CT molecular complexity index is 474. The molecule has 0 atom stereocenters. The van der Waals surface area contributed by atoms with Crippen LogP contribution >= 0.6 is 11.6 Å². The van der Waals surface area contributed by atoms with E-state index >= 15 is 0 Å². The van der Waals surface area contributed by atoms with Gasteiger partial charge in [-0.15, -0.1) is 0 Å². The average Bonchev–Trinajstić information content (AvgIpc) is 2.66. The second-order valence-electron chi connectivity index (χ2n) is 3.56. The van der Waals surface area contributed by atoms with Gasteiger partial charge in [-0.3, -0.25) is 0 Å². The van der Waals surface area contributed by atoms with Crippen molar-refractivity contribution in [1.82, 2.24) is 9.55 Å². The molecule has 1 aromatic carbocycles. The number of aryl methyl sites for hydroxylation is 2. The van der Waals surface area contributed by atoms with Gasteiger partial charge in [-0.25, -0.2) is 4.98 Å². The van der Waals surface area contributed by atoms with E-state index in [0.29, 0.717) is 0 Å². The summed E-state index contributed by atoms with van der Waals surface area (Å²) in [5.41, 5.74) is 3.39. The fourth-order valence-corrected chi connectivity index (χ4v) is 1.81. The fourth-order valence-electron chi connectivity index (χ4n) is 1.59. The topological polar surface area (TPSA) is 17.8 Å². The molecule has 0 N–H and O–H groups in total. The van der Waals surface area contributed by atoms with Crippen LogP contribution in [0.5, 0.6) is 0 Å². The van der Waals surface area contributed by atoms with Crippen molar-refractivity contribution in [2.24, 2.45) is 0 Å². The third-order valence-corrected chi connectivity index (χ3v) is 2.67. The summed E-state index contributed by atoms with van der Waals surface area (Å²) in [6.45, 7) is 4.15. The van der Waals surface area contributed by atoms with Gasteiger partial charge in [0.2, 0.25) is 0 Å². The molecule has 0 radical (unpaired) electrons. The molecule has 1 heterocycles. The standard InChI is InChI=1S/C12H13ClN2/c1-3-11-7-15(8-14-11)12-5-4-10(13)6-9(12)2/h4-8H,3H2,1-2H3. The van der Waals surface area contributed by atoms with Gasteiger partial charge in [-0.1, -0.05) is 18.5 Å². The van der Waals surface area contributed by atoms with Crippen molar-refractivity contribution in [3.8, 4) is 5.69 Å². The van der Waals surface area contributed by atoms with E-state index in [0.717, 1.165) is 28.4 Å². The second kappa shape index (κ2) is 4.07. The summed E-state index contributed by atoms with van der Waals surface area (Å²) >= 11 is 5.91. The smallest absolute Gasteiger partial charge is 0.0995 e. The first-order valence-corrected chi connectivity index (χ1v) is 5.38. The molecular weight excluding hydrogens is 208 g/mol. The van der Waals surface area contributed by atoms with E-state index < -0.39 is 0 Å². The molecule has 0 aliphatic carbocycles. The van der Waals surface area contributed by atoms with Crippen LogP contribution in [-0.2, 0) is 6.42 Å². The van der Waals surface area contributed by atoms with Gasteiger partial charge in [0, 0.05) is 16.9 Å². The third-order valence-electron chi connectivity index (χ3n) is 2.44. The Kier molecular flexibility index (Phi) is 2.78. The number of nitrogens with zero attached hydrogens (tertiary/aromatic N) is 2. The van der Waals surface area contributed by atoms with Crippen LogP contribution in [0.2, 0.25) is 5.02 Å². The lowest BCUT2D eigenvalue weighted by Gasteiger charge is -2.06. The van der Waals surface area contributed by atoms with Crippen LogP contribution in [0.3, 0.4) is 0 Å². The van der Waals surface area contributed by atoms with Crippen LogP contribution in [0.15, 0.2) is 30.7 Å². The van der Waals surface area contributed by atoms with Crippen molar-refractivity contribution >= 4 is 11.6 Å². The quantitative estimate of drug-likeness (QED) is 0.759. The highest BCUT2D eigenvalue weighted by atomic mass is 35.5. The lowest BCUT2D eigenvalue weighted by atomic mass is 10.2. The van der Waals surface area contributed by atoms with Crippen LogP contribution in [0.25, 0.3) is 5.69 Å². The molecule has 0 saturated carbocycles. The van der Waals surface area contributed by atoms with Crippen molar-refractivity contribution in [3.63, 3.8) is 0 Å². The number of aromatic nitrogens is 2. The molecule has 0 saturated heterocycles. The van der Waals surface area contributed by atoms with Crippen molar-refractivity contribution in [3.05, 3.63) is 47.0 Å². The molecule has 0 spiro atoms. The fraction of sp³-hybridized carbons (Fsp3) is 0.250. The predicted octanol–water partition coefficient (Wildman–Crippen LogP) is 3.40. The minimum atomic E-state index is 0.770. The number of hydrogen-bond donors (Lipinski definition) is 0. The van der Waals surface area contributed by atoms with E-state index in [-0.39, 0.29) is 0 Å². The number of rotatable bonds is 2. The molecule has 78 valence electrons. The maximum absolute atomic E-state index is 5.91. The maximum Gasteiger partial charge on any atom is 0.0995 e. The molecule has 1 aromatic heterocycles. The highest BCUT2D eigenvalue weighted by Gasteiger charge is 2.02. The summed E-state index contributed by atoms with van der Waals surface area (Å²) in [5, 5.41) is 0.770. The van der Waals surface area contributed by atoms with E-state index in [1.165, 1.54) is 0 Å². The Hall–Kier alpha value is -1.28. The average molecular weight is 221 g/mol. The summed E-state index contributed by atoms with van der Waals surface area (Å²) in [6, 6.07) is 5.87. The molecule has 15 heavy (non-hydrogen) atoms. The minimum Gasteiger partial charge on any atom is -0.306 e. The van der Waals surface area contributed by atoms with Gasteiger partial charge in [0.05, 0.1) is 12.0 Å². The van der Waals surface area contributed by atoms with Crippen molar-refractivity contribution in [2.45, 2.75) is 20.3 Å². The molecule has 0 aliphatic heterocycles. The number of halogens is 1. The molecule has 2 rings (SSSR count). The first kappa shape index (κ1) is 10.2. The first-order chi connectivity index (χ1) is 7.20. The summed E-state index contributed by atoms with van der Waals surface area (Å²) in [7, 11) is 0. The molecule has 2 aromatic rings. The third kappa shape index (κ3) is 2.05. The summed E-state index contributed by atoms with van der Waals surface area (Å²) in [4.78, 5) is 4.30. The highest BCUT2D eigenvalue weighted by Crippen LogP contribution is 2.19. The Labute approximate surface area is 94.5 Å². The molecule has 0 amide bonds. The van der Waals surface area contributed by atoms with Crippen LogP contribution in [0, 0.1) is 6.92 Å². The zero-order chi connectivity index (χ0) is 10.8. The normalized spacial score (nSPS) is 10.6. The largest absolute Gasteiger partial charge is 0.306 e. The number of hydrogen-bond acceptors (Lipinski definition) is 1. The van der Waals surface area contributed by atoms with Crippen molar-refractivity contribution in [1.29, 1.82) is 0 Å². The van der Waals surface area contributed by atoms with Gasteiger partial charge in [-0.2, -0.15) is 0 Å². The lowest BCUT2D eigenvalue weighted by Crippen LogP contribution is -1.93. The molecule has 0 unspecified atom stereocenters. The van der Waals surface area contributed by atoms with Crippen LogP contribution in [0.1, 0.15) is 18.2 Å². The number of imidazole rings is 1. The van der Waals surface area contributed by atoms with Gasteiger partial charge >= 0.3 is 0 Å². The van der Waals surface area contributed by atoms with Gasteiger partial charge in [0.1, 0.15) is 0 Å². The Morgan fingerprint density at radius 1 is 1.40 bits per heavy atom. The van der Waals surface area contributed by atoms with Gasteiger partial charge in [0.15, 0.2) is 0 Å². The molecule has 0 fully saturated rings. The van der Waals surface area contributed by atoms with E-state index in [1.54, 1.807) is 0 Å². The van der Waals surface area contributed by atoms with Crippen LogP contribution < -0.4 is 0 Å². The minimum absolute atomic E-state index is 0.770. The molecule has 3 heteroatoms. The summed E-state index contributed by atoms with van der Waals surface area (Å²) in [5.74, 6) is 0. The Morgan fingerprint density at radius 3 is 2.80 bits per heavy atom. The molecule has 2 nitrogen and oxygen atoms in total. The Balaban J connectivity index is 2.44. The van der Waals surface area contributed by atoms with Crippen molar-refractivity contribution in [2.75, 3.05) is 0 Å². The van der Waals surface area contributed by atoms with E-state index in [4.69, 9.17) is 11.6 Å². The van der Waals surface area contributed by atoms with Gasteiger partial charge in [0.25, 0.3) is 0 Å². The van der Waals surface area contributed by atoms with Crippen LogP contribution in [-0.4, -0.2) is 9.55 Å². The molecule has 0 bridgehead atoms. The maximum atomic E-state index is 5.91. The van der Waals surface area contributed by atoms with Gasteiger partial charge in [-0.05, 0) is 37.1 Å². The molecule has 0 aliphatic rings. The summed E-state index contributed by atoms with van der Waals surface area (Å²) in [6.07, 6.45) is 4.85. The lowest BCUT2D eigenvalue weighted by molar-refractivity contribution is 1.04. The Morgan fingerprint density at radius 2 is 2.20 bits per heavy atom. The monoisotopic (exact) mass is 220 g/mol. The zero-order valence-electron chi connectivity index (χ0n) is 8.87. The highest BCUT2D eigenvalue weighted by molar-refractivity contribution is 6.30. The zero-order valence-corrected chi connectivity index (χ0v) is 9.62. The number of benzene rings is 1. The second-order valence-corrected chi connectivity index (χ2v) is 3.99. The van der Waals surface area contributed by atoms with Crippen molar-refractivity contribution < 1.29 is 0 Å².